The molecule has 0 amide bonds. The van der Waals surface area contributed by atoms with Crippen molar-refractivity contribution in [1.29, 1.82) is 0 Å². The Labute approximate surface area is 106 Å². The molecule has 1 aliphatic rings. The first kappa shape index (κ1) is 11.9. The summed E-state index contributed by atoms with van der Waals surface area (Å²) in [6.07, 6.45) is 1.31. The summed E-state index contributed by atoms with van der Waals surface area (Å²) in [5.41, 5.74) is 7.59. The van der Waals surface area contributed by atoms with Crippen molar-refractivity contribution >= 4 is 34.6 Å². The highest BCUT2D eigenvalue weighted by molar-refractivity contribution is 6.42. The first-order chi connectivity index (χ1) is 7.49. The molecule has 1 saturated carbocycles. The van der Waals surface area contributed by atoms with Crippen molar-refractivity contribution in [2.75, 3.05) is 24.2 Å². The van der Waals surface area contributed by atoms with Gasteiger partial charge in [-0.1, -0.05) is 30.1 Å². The SMILES string of the molecule is CC1CC1CN(C)c1cc(Cl)c(Cl)cc1N. The van der Waals surface area contributed by atoms with Crippen molar-refractivity contribution in [3.8, 4) is 0 Å². The fourth-order valence-electron chi connectivity index (χ4n) is 1.99. The van der Waals surface area contributed by atoms with E-state index in [-0.39, 0.29) is 0 Å². The van der Waals surface area contributed by atoms with E-state index in [9.17, 15) is 0 Å². The molecule has 0 aromatic heterocycles. The zero-order chi connectivity index (χ0) is 11.9. The summed E-state index contributed by atoms with van der Waals surface area (Å²) >= 11 is 11.9. The van der Waals surface area contributed by atoms with E-state index < -0.39 is 0 Å². The van der Waals surface area contributed by atoms with E-state index >= 15 is 0 Å². The van der Waals surface area contributed by atoms with Crippen LogP contribution in [-0.2, 0) is 0 Å². The Balaban J connectivity index is 2.15. The van der Waals surface area contributed by atoms with Crippen molar-refractivity contribution in [1.82, 2.24) is 0 Å². The van der Waals surface area contributed by atoms with Gasteiger partial charge in [-0.15, -0.1) is 0 Å². The zero-order valence-electron chi connectivity index (χ0n) is 9.50. The predicted octanol–water partition coefficient (Wildman–Crippen LogP) is 3.67. The summed E-state index contributed by atoms with van der Waals surface area (Å²) in [5, 5.41) is 1.07. The van der Waals surface area contributed by atoms with Crippen LogP contribution in [0.3, 0.4) is 0 Å². The Hall–Kier alpha value is -0.600. The topological polar surface area (TPSA) is 29.3 Å². The number of benzene rings is 1. The largest absolute Gasteiger partial charge is 0.397 e. The van der Waals surface area contributed by atoms with Gasteiger partial charge in [-0.25, -0.2) is 0 Å². The number of nitrogen functional groups attached to an aromatic ring is 1. The van der Waals surface area contributed by atoms with E-state index in [1.54, 1.807) is 6.07 Å². The van der Waals surface area contributed by atoms with E-state index in [2.05, 4.69) is 11.8 Å². The van der Waals surface area contributed by atoms with E-state index in [1.807, 2.05) is 13.1 Å². The minimum Gasteiger partial charge on any atom is -0.397 e. The molecule has 0 bridgehead atoms. The molecule has 0 aliphatic heterocycles. The highest BCUT2D eigenvalue weighted by Gasteiger charge is 2.33. The van der Waals surface area contributed by atoms with Crippen LogP contribution in [0.2, 0.25) is 10.0 Å². The van der Waals surface area contributed by atoms with Gasteiger partial charge in [0.25, 0.3) is 0 Å². The summed E-state index contributed by atoms with van der Waals surface area (Å²) in [6.45, 7) is 3.31. The summed E-state index contributed by atoms with van der Waals surface area (Å²) in [6, 6.07) is 3.55. The Morgan fingerprint density at radius 3 is 2.50 bits per heavy atom. The molecule has 0 spiro atoms. The van der Waals surface area contributed by atoms with Crippen LogP contribution < -0.4 is 10.6 Å². The second kappa shape index (κ2) is 4.34. The van der Waals surface area contributed by atoms with Crippen LogP contribution >= 0.6 is 23.2 Å². The summed E-state index contributed by atoms with van der Waals surface area (Å²) in [7, 11) is 2.04. The normalized spacial score (nSPS) is 23.2. The molecule has 4 heteroatoms. The molecular formula is C12H16Cl2N2. The third-order valence-corrected chi connectivity index (χ3v) is 3.99. The number of hydrogen-bond donors (Lipinski definition) is 1. The average Bonchev–Trinajstić information content (AvgIpc) is 2.87. The highest BCUT2D eigenvalue weighted by atomic mass is 35.5. The fraction of sp³-hybridized carbons (Fsp3) is 0.500. The molecule has 2 atom stereocenters. The quantitative estimate of drug-likeness (QED) is 0.839. The lowest BCUT2D eigenvalue weighted by atomic mass is 10.2. The molecule has 2 N–H and O–H groups in total. The number of rotatable bonds is 3. The molecule has 1 aromatic carbocycles. The van der Waals surface area contributed by atoms with Crippen molar-refractivity contribution in [2.24, 2.45) is 11.8 Å². The lowest BCUT2D eigenvalue weighted by molar-refractivity contribution is 0.726. The van der Waals surface area contributed by atoms with E-state index in [0.29, 0.717) is 15.7 Å². The van der Waals surface area contributed by atoms with Gasteiger partial charge in [-0.05, 0) is 30.4 Å². The number of hydrogen-bond acceptors (Lipinski definition) is 2. The van der Waals surface area contributed by atoms with Crippen molar-refractivity contribution in [2.45, 2.75) is 13.3 Å². The fourth-order valence-corrected chi connectivity index (χ4v) is 2.32. The molecule has 88 valence electrons. The molecule has 0 radical (unpaired) electrons. The molecule has 16 heavy (non-hydrogen) atoms. The first-order valence-electron chi connectivity index (χ1n) is 5.44. The standard InChI is InChI=1S/C12H16Cl2N2/c1-7-3-8(7)6-16(2)12-5-10(14)9(13)4-11(12)15/h4-5,7-8H,3,6,15H2,1-2H3. The van der Waals surface area contributed by atoms with Gasteiger partial charge in [0.15, 0.2) is 0 Å². The molecule has 1 aliphatic carbocycles. The van der Waals surface area contributed by atoms with Crippen LogP contribution in [0.15, 0.2) is 12.1 Å². The maximum atomic E-state index is 6.00. The Morgan fingerprint density at radius 2 is 1.94 bits per heavy atom. The lowest BCUT2D eigenvalue weighted by Gasteiger charge is -2.21. The molecule has 1 aromatic rings. The molecule has 0 heterocycles. The number of nitrogens with two attached hydrogens (primary N) is 1. The summed E-state index contributed by atoms with van der Waals surface area (Å²) in [5.74, 6) is 1.63. The first-order valence-corrected chi connectivity index (χ1v) is 6.20. The number of halogens is 2. The van der Waals surface area contributed by atoms with Gasteiger partial charge in [0.2, 0.25) is 0 Å². The molecule has 2 unspecified atom stereocenters. The average molecular weight is 259 g/mol. The van der Waals surface area contributed by atoms with Crippen LogP contribution in [0, 0.1) is 11.8 Å². The van der Waals surface area contributed by atoms with Crippen LogP contribution in [0.4, 0.5) is 11.4 Å². The van der Waals surface area contributed by atoms with E-state index in [1.165, 1.54) is 6.42 Å². The van der Waals surface area contributed by atoms with Gasteiger partial charge in [-0.3, -0.25) is 0 Å². The van der Waals surface area contributed by atoms with E-state index in [4.69, 9.17) is 28.9 Å². The van der Waals surface area contributed by atoms with Crippen LogP contribution in [0.1, 0.15) is 13.3 Å². The van der Waals surface area contributed by atoms with E-state index in [0.717, 1.165) is 24.1 Å². The monoisotopic (exact) mass is 258 g/mol. The van der Waals surface area contributed by atoms with Gasteiger partial charge < -0.3 is 10.6 Å². The maximum Gasteiger partial charge on any atom is 0.0614 e. The van der Waals surface area contributed by atoms with Gasteiger partial charge in [0.05, 0.1) is 21.4 Å². The molecular weight excluding hydrogens is 243 g/mol. The van der Waals surface area contributed by atoms with Gasteiger partial charge in [0, 0.05) is 13.6 Å². The van der Waals surface area contributed by atoms with Gasteiger partial charge >= 0.3 is 0 Å². The minimum absolute atomic E-state index is 0.510. The van der Waals surface area contributed by atoms with Crippen LogP contribution in [0.25, 0.3) is 0 Å². The lowest BCUT2D eigenvalue weighted by Crippen LogP contribution is -2.21. The van der Waals surface area contributed by atoms with Crippen molar-refractivity contribution in [3.05, 3.63) is 22.2 Å². The third kappa shape index (κ3) is 2.38. The van der Waals surface area contributed by atoms with Crippen LogP contribution in [-0.4, -0.2) is 13.6 Å². The summed E-state index contributed by atoms with van der Waals surface area (Å²) in [4.78, 5) is 2.16. The molecule has 0 saturated heterocycles. The smallest absolute Gasteiger partial charge is 0.0614 e. The maximum absolute atomic E-state index is 6.00. The number of anilines is 2. The Kier molecular flexibility index (Phi) is 3.22. The molecule has 2 rings (SSSR count). The second-order valence-electron chi connectivity index (χ2n) is 4.68. The Bertz CT molecular complexity index is 406. The highest BCUT2D eigenvalue weighted by Crippen LogP contribution is 2.40. The third-order valence-electron chi connectivity index (χ3n) is 3.27. The zero-order valence-corrected chi connectivity index (χ0v) is 11.0. The molecule has 1 fully saturated rings. The molecule has 2 nitrogen and oxygen atoms in total. The van der Waals surface area contributed by atoms with Gasteiger partial charge in [0.1, 0.15) is 0 Å². The minimum atomic E-state index is 0.510. The van der Waals surface area contributed by atoms with Crippen molar-refractivity contribution < 1.29 is 0 Å². The number of nitrogens with zero attached hydrogens (tertiary/aromatic N) is 1. The Morgan fingerprint density at radius 1 is 1.38 bits per heavy atom. The van der Waals surface area contributed by atoms with Crippen molar-refractivity contribution in [3.63, 3.8) is 0 Å². The van der Waals surface area contributed by atoms with Gasteiger partial charge in [-0.2, -0.15) is 0 Å². The van der Waals surface area contributed by atoms with Crippen LogP contribution in [0.5, 0.6) is 0 Å². The predicted molar refractivity (Wildman–Crippen MR) is 71.4 cm³/mol. The summed E-state index contributed by atoms with van der Waals surface area (Å²) < 4.78 is 0. The second-order valence-corrected chi connectivity index (χ2v) is 5.49.